The van der Waals surface area contributed by atoms with E-state index in [0.717, 1.165) is 18.0 Å². The van der Waals surface area contributed by atoms with Gasteiger partial charge >= 0.3 is 0 Å². The van der Waals surface area contributed by atoms with Crippen LogP contribution in [-0.4, -0.2) is 36.6 Å². The first kappa shape index (κ1) is 9.86. The van der Waals surface area contributed by atoms with E-state index in [-0.39, 0.29) is 0 Å². The van der Waals surface area contributed by atoms with Gasteiger partial charge in [-0.05, 0) is 51.1 Å². The lowest BCUT2D eigenvalue weighted by Gasteiger charge is -2.42. The van der Waals surface area contributed by atoms with Crippen LogP contribution in [0.15, 0.2) is 12.2 Å². The summed E-state index contributed by atoms with van der Waals surface area (Å²) in [5.74, 6) is 0.939. The Bertz CT molecular complexity index is 249. The molecule has 3 rings (SSSR count). The molecule has 0 aromatic heterocycles. The smallest absolute Gasteiger partial charge is 0.0281 e. The number of allylic oxidation sites excluding steroid dienone is 1. The summed E-state index contributed by atoms with van der Waals surface area (Å²) in [6.45, 7) is 3.82. The lowest BCUT2D eigenvalue weighted by Crippen LogP contribution is -2.50. The highest BCUT2D eigenvalue weighted by atomic mass is 15.2. The van der Waals surface area contributed by atoms with Gasteiger partial charge in [-0.1, -0.05) is 12.2 Å². The number of nitrogens with zero attached hydrogens (tertiary/aromatic N) is 1. The molecule has 2 heterocycles. The third-order valence-corrected chi connectivity index (χ3v) is 4.38. The summed E-state index contributed by atoms with van der Waals surface area (Å²) in [4.78, 5) is 2.78. The normalized spacial score (nSPS) is 41.7. The van der Waals surface area contributed by atoms with Crippen LogP contribution in [0, 0.1) is 5.92 Å². The minimum absolute atomic E-state index is 0.756. The largest absolute Gasteiger partial charge is 0.315 e. The van der Waals surface area contributed by atoms with Crippen LogP contribution in [0.3, 0.4) is 0 Å². The van der Waals surface area contributed by atoms with E-state index in [1.54, 1.807) is 0 Å². The fourth-order valence-electron chi connectivity index (χ4n) is 3.59. The van der Waals surface area contributed by atoms with Gasteiger partial charge in [0.05, 0.1) is 0 Å². The van der Waals surface area contributed by atoms with Gasteiger partial charge in [0, 0.05) is 18.6 Å². The molecule has 15 heavy (non-hydrogen) atoms. The summed E-state index contributed by atoms with van der Waals surface area (Å²) >= 11 is 0. The molecule has 0 amide bonds. The quantitative estimate of drug-likeness (QED) is 0.658. The maximum absolute atomic E-state index is 3.57. The number of hydrogen-bond acceptors (Lipinski definition) is 2. The van der Waals surface area contributed by atoms with Crippen LogP contribution in [0.5, 0.6) is 0 Å². The Morgan fingerprint density at radius 3 is 3.00 bits per heavy atom. The minimum Gasteiger partial charge on any atom is -0.315 e. The molecule has 3 aliphatic rings. The lowest BCUT2D eigenvalue weighted by molar-refractivity contribution is 0.0903. The van der Waals surface area contributed by atoms with Crippen molar-refractivity contribution < 1.29 is 0 Å². The predicted octanol–water partition coefficient (Wildman–Crippen LogP) is 1.78. The molecule has 0 bridgehead atoms. The van der Waals surface area contributed by atoms with Crippen LogP contribution in [0.4, 0.5) is 0 Å². The summed E-state index contributed by atoms with van der Waals surface area (Å²) in [6, 6.07) is 1.60. The summed E-state index contributed by atoms with van der Waals surface area (Å²) in [5.41, 5.74) is 0. The molecule has 84 valence electrons. The zero-order valence-corrected chi connectivity index (χ0v) is 9.49. The molecule has 0 spiro atoms. The van der Waals surface area contributed by atoms with Crippen molar-refractivity contribution in [3.05, 3.63) is 12.2 Å². The summed E-state index contributed by atoms with van der Waals surface area (Å²) in [7, 11) is 0. The minimum atomic E-state index is 0.756. The second-order valence-electron chi connectivity index (χ2n) is 5.29. The van der Waals surface area contributed by atoms with E-state index in [1.807, 2.05) is 0 Å². The monoisotopic (exact) mass is 206 g/mol. The maximum atomic E-state index is 3.57. The third-order valence-electron chi connectivity index (χ3n) is 4.38. The molecule has 2 fully saturated rings. The van der Waals surface area contributed by atoms with E-state index in [1.165, 1.54) is 51.7 Å². The average Bonchev–Trinajstić information content (AvgIpc) is 2.78. The van der Waals surface area contributed by atoms with Crippen LogP contribution >= 0.6 is 0 Å². The van der Waals surface area contributed by atoms with E-state index >= 15 is 0 Å². The van der Waals surface area contributed by atoms with Gasteiger partial charge in [-0.2, -0.15) is 0 Å². The molecule has 1 N–H and O–H groups in total. The molecule has 0 radical (unpaired) electrons. The first-order chi connectivity index (χ1) is 7.45. The van der Waals surface area contributed by atoms with E-state index in [9.17, 15) is 0 Å². The molecule has 2 saturated heterocycles. The van der Waals surface area contributed by atoms with Gasteiger partial charge in [-0.25, -0.2) is 0 Å². The standard InChI is InChI=1S/C13H22N2/c1-2-6-12(7-3-1)15-8-4-5-11-9-14-10-13(11)15/h2,6,11-14H,1,3-5,7-10H2. The van der Waals surface area contributed by atoms with Gasteiger partial charge in [0.25, 0.3) is 0 Å². The van der Waals surface area contributed by atoms with Crippen molar-refractivity contribution in [3.63, 3.8) is 0 Å². The van der Waals surface area contributed by atoms with E-state index in [4.69, 9.17) is 0 Å². The highest BCUT2D eigenvalue weighted by molar-refractivity contribution is 5.03. The van der Waals surface area contributed by atoms with Gasteiger partial charge in [-0.15, -0.1) is 0 Å². The van der Waals surface area contributed by atoms with Gasteiger partial charge in [-0.3, -0.25) is 4.90 Å². The summed E-state index contributed by atoms with van der Waals surface area (Å²) < 4.78 is 0. The van der Waals surface area contributed by atoms with Gasteiger partial charge in [0.1, 0.15) is 0 Å². The Morgan fingerprint density at radius 1 is 1.13 bits per heavy atom. The Hall–Kier alpha value is -0.340. The topological polar surface area (TPSA) is 15.3 Å². The van der Waals surface area contributed by atoms with E-state index in [0.29, 0.717) is 0 Å². The fraction of sp³-hybridized carbons (Fsp3) is 0.846. The van der Waals surface area contributed by atoms with Crippen LogP contribution in [-0.2, 0) is 0 Å². The zero-order chi connectivity index (χ0) is 10.1. The molecular weight excluding hydrogens is 184 g/mol. The Kier molecular flexibility index (Phi) is 2.80. The molecule has 0 aromatic rings. The number of fused-ring (bicyclic) bond motifs is 1. The average molecular weight is 206 g/mol. The van der Waals surface area contributed by atoms with Crippen LogP contribution in [0.25, 0.3) is 0 Å². The second-order valence-corrected chi connectivity index (χ2v) is 5.29. The number of piperidine rings is 1. The lowest BCUT2D eigenvalue weighted by atomic mass is 9.89. The molecule has 0 aromatic carbocycles. The third kappa shape index (κ3) is 1.85. The molecular formula is C13H22N2. The molecule has 2 nitrogen and oxygen atoms in total. The predicted molar refractivity (Wildman–Crippen MR) is 62.9 cm³/mol. The maximum Gasteiger partial charge on any atom is 0.0281 e. The van der Waals surface area contributed by atoms with Crippen LogP contribution in [0.1, 0.15) is 32.1 Å². The molecule has 2 aliphatic heterocycles. The van der Waals surface area contributed by atoms with Gasteiger partial charge in [0.2, 0.25) is 0 Å². The van der Waals surface area contributed by atoms with Gasteiger partial charge in [0.15, 0.2) is 0 Å². The van der Waals surface area contributed by atoms with Crippen molar-refractivity contribution in [1.29, 1.82) is 0 Å². The van der Waals surface area contributed by atoms with Crippen molar-refractivity contribution >= 4 is 0 Å². The Balaban J connectivity index is 1.73. The number of hydrogen-bond donors (Lipinski definition) is 1. The molecule has 3 unspecified atom stereocenters. The van der Waals surface area contributed by atoms with Crippen molar-refractivity contribution in [2.45, 2.75) is 44.2 Å². The summed E-state index contributed by atoms with van der Waals surface area (Å²) in [6.07, 6.45) is 11.8. The van der Waals surface area contributed by atoms with Crippen molar-refractivity contribution in [2.75, 3.05) is 19.6 Å². The van der Waals surface area contributed by atoms with Crippen molar-refractivity contribution in [1.82, 2.24) is 10.2 Å². The Labute approximate surface area is 92.7 Å². The summed E-state index contributed by atoms with van der Waals surface area (Å²) in [5, 5.41) is 3.57. The highest BCUT2D eigenvalue weighted by Gasteiger charge is 2.37. The zero-order valence-electron chi connectivity index (χ0n) is 9.49. The number of likely N-dealkylation sites (tertiary alicyclic amines) is 1. The van der Waals surface area contributed by atoms with Crippen LogP contribution < -0.4 is 5.32 Å². The molecule has 1 aliphatic carbocycles. The number of rotatable bonds is 1. The van der Waals surface area contributed by atoms with E-state index < -0.39 is 0 Å². The Morgan fingerprint density at radius 2 is 2.13 bits per heavy atom. The molecule has 2 heteroatoms. The SMILES string of the molecule is C1=CC(N2CCCC3CNCC32)CCC1. The van der Waals surface area contributed by atoms with Crippen molar-refractivity contribution in [2.24, 2.45) is 5.92 Å². The van der Waals surface area contributed by atoms with Crippen LogP contribution in [0.2, 0.25) is 0 Å². The molecule has 3 atom stereocenters. The fourth-order valence-corrected chi connectivity index (χ4v) is 3.59. The van der Waals surface area contributed by atoms with E-state index in [2.05, 4.69) is 22.4 Å². The number of nitrogens with one attached hydrogen (secondary N) is 1. The van der Waals surface area contributed by atoms with Crippen molar-refractivity contribution in [3.8, 4) is 0 Å². The highest BCUT2D eigenvalue weighted by Crippen LogP contribution is 2.30. The van der Waals surface area contributed by atoms with Gasteiger partial charge < -0.3 is 5.32 Å². The molecule has 0 saturated carbocycles. The second kappa shape index (κ2) is 4.26. The first-order valence-corrected chi connectivity index (χ1v) is 6.58. The first-order valence-electron chi connectivity index (χ1n) is 6.58.